The van der Waals surface area contributed by atoms with Crippen molar-refractivity contribution in [2.75, 3.05) is 11.5 Å². The lowest BCUT2D eigenvalue weighted by molar-refractivity contribution is 0.578. The van der Waals surface area contributed by atoms with Gasteiger partial charge in [-0.2, -0.15) is 0 Å². The summed E-state index contributed by atoms with van der Waals surface area (Å²) < 4.78 is 22.0. The topological polar surface area (TPSA) is 34.1 Å². The van der Waals surface area contributed by atoms with Crippen molar-refractivity contribution >= 4 is 19.1 Å². The molecule has 0 N–H and O–H groups in total. The Morgan fingerprint density at radius 3 is 2.30 bits per heavy atom. The van der Waals surface area contributed by atoms with Crippen LogP contribution in [0.3, 0.4) is 0 Å². The highest BCUT2D eigenvalue weighted by Crippen LogP contribution is 2.27. The van der Waals surface area contributed by atoms with E-state index >= 15 is 0 Å². The zero-order chi connectivity index (χ0) is 7.78. The molecule has 1 aliphatic heterocycles. The molecule has 2 nitrogen and oxygen atoms in total. The van der Waals surface area contributed by atoms with Gasteiger partial charge in [0.25, 0.3) is 0 Å². The van der Waals surface area contributed by atoms with Crippen molar-refractivity contribution in [2.24, 2.45) is 5.92 Å². The lowest BCUT2D eigenvalue weighted by Crippen LogP contribution is -2.08. The fourth-order valence-corrected chi connectivity index (χ4v) is 4.98. The average molecular weight is 180 g/mol. The Labute approximate surface area is 64.5 Å². The lowest BCUT2D eigenvalue weighted by atomic mass is 10.1. The van der Waals surface area contributed by atoms with Crippen LogP contribution in [0.15, 0.2) is 0 Å². The first kappa shape index (κ1) is 8.48. The monoisotopic (exact) mass is 180 g/mol. The minimum Gasteiger partial charge on any atom is -0.229 e. The Balaban J connectivity index is 2.71. The molecule has 1 saturated heterocycles. The van der Waals surface area contributed by atoms with Crippen LogP contribution in [0.1, 0.15) is 13.3 Å². The molecule has 1 rings (SSSR count). The molecule has 0 aromatic heterocycles. The summed E-state index contributed by atoms with van der Waals surface area (Å²) in [7, 11) is -0.0578. The summed E-state index contributed by atoms with van der Waals surface area (Å²) in [5.41, 5.74) is 0.301. The van der Waals surface area contributed by atoms with Crippen molar-refractivity contribution in [3.8, 4) is 0 Å². The fraction of sp³-hybridized carbons (Fsp3) is 1.00. The molecule has 1 fully saturated rings. The minimum absolute atomic E-state index is 0.301. The molecular formula is C6H13O2PS. The van der Waals surface area contributed by atoms with E-state index in [-0.39, 0.29) is 0 Å². The normalized spacial score (nSPS) is 38.2. The third kappa shape index (κ3) is 1.70. The molecule has 60 valence electrons. The van der Waals surface area contributed by atoms with Gasteiger partial charge < -0.3 is 0 Å². The predicted molar refractivity (Wildman–Crippen MR) is 45.9 cm³/mol. The highest BCUT2D eigenvalue weighted by Gasteiger charge is 2.33. The SMILES string of the molecule is CCC1CS(=O)(=O)CC1P. The van der Waals surface area contributed by atoms with E-state index in [2.05, 4.69) is 9.24 Å². The molecule has 10 heavy (non-hydrogen) atoms. The summed E-state index contributed by atoms with van der Waals surface area (Å²) in [6.07, 6.45) is 0.980. The molecule has 0 aromatic carbocycles. The second kappa shape index (κ2) is 2.78. The molecule has 0 radical (unpaired) electrons. The van der Waals surface area contributed by atoms with Gasteiger partial charge in [-0.25, -0.2) is 8.42 Å². The molecule has 1 heterocycles. The first-order valence-corrected chi connectivity index (χ1v) is 6.00. The highest BCUT2D eigenvalue weighted by atomic mass is 32.2. The quantitative estimate of drug-likeness (QED) is 0.556. The standard InChI is InChI=1S/C6H13O2PS/c1-2-5-3-10(7,8)4-6(5)9/h5-6H,2-4,9H2,1H3. The van der Waals surface area contributed by atoms with Crippen LogP contribution in [0.4, 0.5) is 0 Å². The van der Waals surface area contributed by atoms with Crippen LogP contribution in [-0.4, -0.2) is 25.6 Å². The summed E-state index contributed by atoms with van der Waals surface area (Å²) in [4.78, 5) is 0. The summed E-state index contributed by atoms with van der Waals surface area (Å²) >= 11 is 0. The average Bonchev–Trinajstić information content (AvgIpc) is 2.05. The van der Waals surface area contributed by atoms with Crippen molar-refractivity contribution in [1.82, 2.24) is 0 Å². The Hall–Kier alpha value is 0.380. The summed E-state index contributed by atoms with van der Waals surface area (Å²) in [5, 5.41) is 0. The summed E-state index contributed by atoms with van der Waals surface area (Å²) in [6, 6.07) is 0. The van der Waals surface area contributed by atoms with E-state index in [1.54, 1.807) is 0 Å². The van der Waals surface area contributed by atoms with E-state index in [1.165, 1.54) is 0 Å². The van der Waals surface area contributed by atoms with E-state index in [4.69, 9.17) is 0 Å². The predicted octanol–water partition coefficient (Wildman–Crippen LogP) is 0.685. The number of hydrogen-bond donors (Lipinski definition) is 0. The number of rotatable bonds is 1. The second-order valence-electron chi connectivity index (χ2n) is 2.91. The van der Waals surface area contributed by atoms with Gasteiger partial charge in [0.2, 0.25) is 0 Å². The van der Waals surface area contributed by atoms with Crippen LogP contribution in [0, 0.1) is 5.92 Å². The Kier molecular flexibility index (Phi) is 2.36. The highest BCUT2D eigenvalue weighted by molar-refractivity contribution is 7.91. The van der Waals surface area contributed by atoms with E-state index in [1.807, 2.05) is 6.92 Å². The maximum absolute atomic E-state index is 11.0. The maximum atomic E-state index is 11.0. The molecule has 0 spiro atoms. The van der Waals surface area contributed by atoms with Gasteiger partial charge in [-0.05, 0) is 11.6 Å². The third-order valence-electron chi connectivity index (χ3n) is 2.04. The largest absolute Gasteiger partial charge is 0.229 e. The Bertz CT molecular complexity index is 210. The maximum Gasteiger partial charge on any atom is 0.151 e. The van der Waals surface area contributed by atoms with Crippen molar-refractivity contribution < 1.29 is 8.42 Å². The molecule has 0 aliphatic carbocycles. The molecule has 4 heteroatoms. The van der Waals surface area contributed by atoms with Gasteiger partial charge >= 0.3 is 0 Å². The smallest absolute Gasteiger partial charge is 0.151 e. The van der Waals surface area contributed by atoms with Gasteiger partial charge in [-0.15, -0.1) is 9.24 Å². The molecule has 1 aliphatic rings. The number of hydrogen-bond acceptors (Lipinski definition) is 2. The third-order valence-corrected chi connectivity index (χ3v) is 4.99. The minimum atomic E-state index is -2.68. The molecule has 3 atom stereocenters. The summed E-state index contributed by atoms with van der Waals surface area (Å²) in [6.45, 7) is 2.04. The molecular weight excluding hydrogens is 167 g/mol. The zero-order valence-corrected chi connectivity index (χ0v) is 8.05. The van der Waals surface area contributed by atoms with Crippen LogP contribution in [0.5, 0.6) is 0 Å². The van der Waals surface area contributed by atoms with Gasteiger partial charge in [0.05, 0.1) is 11.5 Å². The fourth-order valence-electron chi connectivity index (χ4n) is 1.37. The van der Waals surface area contributed by atoms with Gasteiger partial charge in [0, 0.05) is 0 Å². The van der Waals surface area contributed by atoms with Gasteiger partial charge in [0.1, 0.15) is 0 Å². The van der Waals surface area contributed by atoms with Crippen molar-refractivity contribution in [3.63, 3.8) is 0 Å². The van der Waals surface area contributed by atoms with Crippen LogP contribution < -0.4 is 0 Å². The molecule has 3 unspecified atom stereocenters. The van der Waals surface area contributed by atoms with Crippen LogP contribution >= 0.6 is 9.24 Å². The Morgan fingerprint density at radius 1 is 1.50 bits per heavy atom. The van der Waals surface area contributed by atoms with Crippen molar-refractivity contribution in [2.45, 2.75) is 19.0 Å². The van der Waals surface area contributed by atoms with E-state index in [0.717, 1.165) is 6.42 Å². The zero-order valence-electron chi connectivity index (χ0n) is 6.08. The Morgan fingerprint density at radius 2 is 2.10 bits per heavy atom. The van der Waals surface area contributed by atoms with Crippen LogP contribution in [-0.2, 0) is 9.84 Å². The number of sulfone groups is 1. The van der Waals surface area contributed by atoms with Crippen molar-refractivity contribution in [3.05, 3.63) is 0 Å². The molecule has 0 bridgehead atoms. The van der Waals surface area contributed by atoms with E-state index < -0.39 is 9.84 Å². The van der Waals surface area contributed by atoms with Gasteiger partial charge in [0.15, 0.2) is 9.84 Å². The van der Waals surface area contributed by atoms with Crippen LogP contribution in [0.25, 0.3) is 0 Å². The second-order valence-corrected chi connectivity index (χ2v) is 5.92. The van der Waals surface area contributed by atoms with Crippen LogP contribution in [0.2, 0.25) is 0 Å². The lowest BCUT2D eigenvalue weighted by Gasteiger charge is -2.07. The van der Waals surface area contributed by atoms with Gasteiger partial charge in [-0.1, -0.05) is 13.3 Å². The summed E-state index contributed by atoms with van der Waals surface area (Å²) in [5.74, 6) is 1.16. The first-order chi connectivity index (χ1) is 4.55. The van der Waals surface area contributed by atoms with E-state index in [9.17, 15) is 8.42 Å². The molecule has 0 aromatic rings. The van der Waals surface area contributed by atoms with Crippen molar-refractivity contribution in [1.29, 1.82) is 0 Å². The first-order valence-electron chi connectivity index (χ1n) is 3.51. The molecule has 0 saturated carbocycles. The van der Waals surface area contributed by atoms with E-state index in [0.29, 0.717) is 23.1 Å². The van der Waals surface area contributed by atoms with Gasteiger partial charge in [-0.3, -0.25) is 0 Å². The molecule has 0 amide bonds.